The van der Waals surface area contributed by atoms with E-state index in [1.54, 1.807) is 24.3 Å². The first-order valence-corrected chi connectivity index (χ1v) is 9.81. The Morgan fingerprint density at radius 1 is 1.00 bits per heavy atom. The highest BCUT2D eigenvalue weighted by Crippen LogP contribution is 2.23. The molecule has 0 atom stereocenters. The van der Waals surface area contributed by atoms with Gasteiger partial charge in [0.25, 0.3) is 0 Å². The van der Waals surface area contributed by atoms with Crippen LogP contribution in [0.4, 0.5) is 5.69 Å². The molecule has 3 rings (SSSR count). The summed E-state index contributed by atoms with van der Waals surface area (Å²) < 4.78 is 2.15. The summed E-state index contributed by atoms with van der Waals surface area (Å²) in [4.78, 5) is 24.1. The molecule has 0 aliphatic carbocycles. The molecule has 6 nitrogen and oxygen atoms in total. The summed E-state index contributed by atoms with van der Waals surface area (Å²) in [6.45, 7) is 8.13. The number of nitrogens with one attached hydrogen (secondary N) is 2. The predicted molar refractivity (Wildman–Crippen MR) is 121 cm³/mol. The number of anilines is 1. The highest BCUT2D eigenvalue weighted by molar-refractivity contribution is 6.41. The number of nitrogens with zero attached hydrogens (tertiary/aromatic N) is 2. The molecule has 1 heterocycles. The van der Waals surface area contributed by atoms with Crippen LogP contribution >= 0.6 is 11.6 Å². The van der Waals surface area contributed by atoms with Crippen LogP contribution in [0.3, 0.4) is 0 Å². The fraction of sp³-hybridized carbons (Fsp3) is 0.174. The number of carbonyl (C=O) groups excluding carboxylic acids is 2. The van der Waals surface area contributed by atoms with E-state index < -0.39 is 11.8 Å². The number of hydrogen-bond acceptors (Lipinski definition) is 3. The number of hydrogen-bond donors (Lipinski definition) is 2. The smallest absolute Gasteiger partial charge is 0.318 e. The molecule has 0 fully saturated rings. The van der Waals surface area contributed by atoms with Crippen LogP contribution in [0.1, 0.15) is 28.1 Å². The lowest BCUT2D eigenvalue weighted by atomic mass is 10.1. The van der Waals surface area contributed by atoms with Gasteiger partial charge < -0.3 is 9.88 Å². The number of benzene rings is 2. The lowest BCUT2D eigenvalue weighted by Crippen LogP contribution is -2.32. The molecule has 0 unspecified atom stereocenters. The van der Waals surface area contributed by atoms with Gasteiger partial charge in [0.15, 0.2) is 0 Å². The number of aromatic nitrogens is 1. The average Bonchev–Trinajstić information content (AvgIpc) is 2.98. The fourth-order valence-corrected chi connectivity index (χ4v) is 3.39. The van der Waals surface area contributed by atoms with Crippen LogP contribution in [-0.2, 0) is 9.59 Å². The Morgan fingerprint density at radius 2 is 1.73 bits per heavy atom. The van der Waals surface area contributed by atoms with Gasteiger partial charge in [0.1, 0.15) is 0 Å². The molecule has 0 saturated heterocycles. The maximum Gasteiger partial charge on any atom is 0.329 e. The van der Waals surface area contributed by atoms with Crippen molar-refractivity contribution in [3.63, 3.8) is 0 Å². The molecule has 0 bridgehead atoms. The number of rotatable bonds is 4. The zero-order valence-electron chi connectivity index (χ0n) is 17.3. The lowest BCUT2D eigenvalue weighted by Gasteiger charge is -2.13. The molecule has 0 aliphatic rings. The second-order valence-electron chi connectivity index (χ2n) is 7.08. The standard InChI is InChI=1S/C23H23ClN4O2/c1-14-9-10-15(2)21(11-14)28-16(3)12-18(17(28)4)13-25-27-23(30)22(29)26-20-8-6-5-7-19(20)24/h5-13H,1-4H3,(H,26,29)(H,27,30)/b25-13-. The SMILES string of the molecule is Cc1ccc(C)c(-n2c(C)cc(/C=N\NC(=O)C(=O)Nc3ccccc3Cl)c2C)c1. The molecular formula is C23H23ClN4O2. The molecule has 2 amide bonds. The second kappa shape index (κ2) is 8.97. The Kier molecular flexibility index (Phi) is 6.37. The summed E-state index contributed by atoms with van der Waals surface area (Å²) in [5.74, 6) is -1.73. The summed E-state index contributed by atoms with van der Waals surface area (Å²) in [7, 11) is 0. The summed E-state index contributed by atoms with van der Waals surface area (Å²) in [6.07, 6.45) is 1.53. The van der Waals surface area contributed by atoms with E-state index >= 15 is 0 Å². The van der Waals surface area contributed by atoms with Gasteiger partial charge in [-0.15, -0.1) is 0 Å². The van der Waals surface area contributed by atoms with Crippen molar-refractivity contribution < 1.29 is 9.59 Å². The average molecular weight is 423 g/mol. The Bertz CT molecular complexity index is 1150. The molecule has 0 spiro atoms. The Labute approximate surface area is 180 Å². The topological polar surface area (TPSA) is 75.5 Å². The van der Waals surface area contributed by atoms with Gasteiger partial charge in [0.2, 0.25) is 0 Å². The van der Waals surface area contributed by atoms with E-state index in [1.165, 1.54) is 11.8 Å². The summed E-state index contributed by atoms with van der Waals surface area (Å²) in [6, 6.07) is 15.0. The van der Waals surface area contributed by atoms with Gasteiger partial charge in [-0.05, 0) is 63.1 Å². The van der Waals surface area contributed by atoms with E-state index in [1.807, 2.05) is 19.9 Å². The molecule has 3 aromatic rings. The van der Waals surface area contributed by atoms with Crippen molar-refractivity contribution in [3.05, 3.63) is 81.6 Å². The third-order valence-electron chi connectivity index (χ3n) is 4.77. The first-order chi connectivity index (χ1) is 14.3. The molecule has 30 heavy (non-hydrogen) atoms. The van der Waals surface area contributed by atoms with Crippen LogP contribution in [0.25, 0.3) is 5.69 Å². The molecule has 2 N–H and O–H groups in total. The Balaban J connectivity index is 1.72. The summed E-state index contributed by atoms with van der Waals surface area (Å²) >= 11 is 5.98. The monoisotopic (exact) mass is 422 g/mol. The normalized spacial score (nSPS) is 11.0. The Morgan fingerprint density at radius 3 is 2.47 bits per heavy atom. The lowest BCUT2D eigenvalue weighted by molar-refractivity contribution is -0.136. The first-order valence-electron chi connectivity index (χ1n) is 9.43. The van der Waals surface area contributed by atoms with Gasteiger partial charge in [0, 0.05) is 22.6 Å². The van der Waals surface area contributed by atoms with Gasteiger partial charge in [-0.3, -0.25) is 9.59 Å². The highest BCUT2D eigenvalue weighted by atomic mass is 35.5. The first kappa shape index (κ1) is 21.3. The molecule has 0 radical (unpaired) electrons. The van der Waals surface area contributed by atoms with Crippen LogP contribution in [0.2, 0.25) is 5.02 Å². The Hall–Kier alpha value is -3.38. The molecule has 7 heteroatoms. The van der Waals surface area contributed by atoms with Crippen molar-refractivity contribution >= 4 is 35.3 Å². The maximum atomic E-state index is 12.0. The van der Waals surface area contributed by atoms with Gasteiger partial charge in [-0.2, -0.15) is 5.10 Å². The molecule has 2 aromatic carbocycles. The number of amides is 2. The largest absolute Gasteiger partial charge is 0.329 e. The second-order valence-corrected chi connectivity index (χ2v) is 7.49. The van der Waals surface area contributed by atoms with Crippen LogP contribution in [0.15, 0.2) is 53.6 Å². The number of para-hydroxylation sites is 1. The predicted octanol–water partition coefficient (Wildman–Crippen LogP) is 4.45. The van der Waals surface area contributed by atoms with Crippen LogP contribution in [0.5, 0.6) is 0 Å². The fourth-order valence-electron chi connectivity index (χ4n) is 3.20. The van der Waals surface area contributed by atoms with Crippen LogP contribution in [0, 0.1) is 27.7 Å². The molecule has 154 valence electrons. The minimum atomic E-state index is -0.880. The van der Waals surface area contributed by atoms with Crippen LogP contribution in [-0.4, -0.2) is 22.6 Å². The van der Waals surface area contributed by atoms with E-state index in [0.717, 1.165) is 28.2 Å². The summed E-state index contributed by atoms with van der Waals surface area (Å²) in [5.41, 5.74) is 8.94. The van der Waals surface area contributed by atoms with Gasteiger partial charge in [-0.25, -0.2) is 5.43 Å². The van der Waals surface area contributed by atoms with E-state index in [-0.39, 0.29) is 0 Å². The van der Waals surface area contributed by atoms with Crippen molar-refractivity contribution in [2.45, 2.75) is 27.7 Å². The van der Waals surface area contributed by atoms with Crippen molar-refractivity contribution in [1.29, 1.82) is 0 Å². The summed E-state index contributed by atoms with van der Waals surface area (Å²) in [5, 5.41) is 6.75. The third kappa shape index (κ3) is 4.60. The number of halogens is 1. The number of carbonyl (C=O) groups is 2. The van der Waals surface area contributed by atoms with Gasteiger partial charge in [-0.1, -0.05) is 35.9 Å². The minimum Gasteiger partial charge on any atom is -0.318 e. The maximum absolute atomic E-state index is 12.0. The van der Waals surface area contributed by atoms with E-state index in [4.69, 9.17) is 11.6 Å². The minimum absolute atomic E-state index is 0.348. The highest BCUT2D eigenvalue weighted by Gasteiger charge is 2.15. The van der Waals surface area contributed by atoms with E-state index in [2.05, 4.69) is 52.5 Å². The van der Waals surface area contributed by atoms with Crippen LogP contribution < -0.4 is 10.7 Å². The van der Waals surface area contributed by atoms with E-state index in [0.29, 0.717) is 10.7 Å². The van der Waals surface area contributed by atoms with E-state index in [9.17, 15) is 9.59 Å². The van der Waals surface area contributed by atoms with Crippen molar-refractivity contribution in [3.8, 4) is 5.69 Å². The van der Waals surface area contributed by atoms with Gasteiger partial charge in [0.05, 0.1) is 16.9 Å². The molecule has 1 aromatic heterocycles. The molecular weight excluding hydrogens is 400 g/mol. The van der Waals surface area contributed by atoms with Crippen molar-refractivity contribution in [2.24, 2.45) is 5.10 Å². The zero-order valence-corrected chi connectivity index (χ0v) is 18.0. The number of hydrazone groups is 1. The van der Waals surface area contributed by atoms with Crippen molar-refractivity contribution in [2.75, 3.05) is 5.32 Å². The van der Waals surface area contributed by atoms with Gasteiger partial charge >= 0.3 is 11.8 Å². The molecule has 0 saturated carbocycles. The molecule has 0 aliphatic heterocycles. The number of aryl methyl sites for hydroxylation is 3. The third-order valence-corrected chi connectivity index (χ3v) is 5.10. The quantitative estimate of drug-likeness (QED) is 0.370. The van der Waals surface area contributed by atoms with Crippen molar-refractivity contribution in [1.82, 2.24) is 9.99 Å². The zero-order chi connectivity index (χ0) is 21.8.